The molecule has 94 valence electrons. The van der Waals surface area contributed by atoms with Crippen molar-refractivity contribution >= 4 is 16.7 Å². The maximum absolute atomic E-state index is 12.0. The van der Waals surface area contributed by atoms with Gasteiger partial charge < -0.3 is 9.88 Å². The van der Waals surface area contributed by atoms with Crippen LogP contribution in [0.1, 0.15) is 41.8 Å². The third kappa shape index (κ3) is 1.58. The average molecular weight is 242 g/mol. The fourth-order valence-electron chi connectivity index (χ4n) is 2.76. The topological polar surface area (TPSA) is 34.0 Å². The van der Waals surface area contributed by atoms with Crippen LogP contribution in [0, 0.1) is 0 Å². The van der Waals surface area contributed by atoms with Gasteiger partial charge in [-0.3, -0.25) is 4.79 Å². The van der Waals surface area contributed by atoms with Crippen LogP contribution in [-0.2, 0) is 19.6 Å². The molecule has 1 N–H and O–H groups in total. The summed E-state index contributed by atoms with van der Waals surface area (Å²) >= 11 is 0. The molecule has 0 fully saturated rings. The summed E-state index contributed by atoms with van der Waals surface area (Å²) in [5.41, 5.74) is 4.77. The first-order chi connectivity index (χ1) is 8.74. The Labute approximate surface area is 107 Å². The Morgan fingerprint density at radius 1 is 1.28 bits per heavy atom. The van der Waals surface area contributed by atoms with E-state index in [0.717, 1.165) is 30.6 Å². The fraction of sp³-hybridized carbons (Fsp3) is 0.400. The van der Waals surface area contributed by atoms with Crippen molar-refractivity contribution in [3.63, 3.8) is 0 Å². The number of carbonyl (C=O) groups excluding carboxylic acids is 1. The maximum Gasteiger partial charge on any atom is 0.164 e. The number of hydrogen-bond donors (Lipinski definition) is 1. The number of Topliss-reactive ketones (excluding diaryl/α,β-unsaturated/α-hetero) is 1. The molecule has 0 radical (unpaired) electrons. The standard InChI is InChI=1S/C15H18N2O/c1-3-15(18)13-9-17(4-2)14-6-11-8-16-7-10(11)5-12(13)14/h5-6,9,16H,3-4,7-8H2,1-2H3. The summed E-state index contributed by atoms with van der Waals surface area (Å²) in [5.74, 6) is 0.234. The molecule has 3 rings (SSSR count). The number of ketones is 1. The second kappa shape index (κ2) is 4.25. The lowest BCUT2D eigenvalue weighted by Crippen LogP contribution is -2.00. The number of carbonyl (C=O) groups is 1. The molecule has 18 heavy (non-hydrogen) atoms. The van der Waals surface area contributed by atoms with Gasteiger partial charge in [0.2, 0.25) is 0 Å². The van der Waals surface area contributed by atoms with Gasteiger partial charge in [-0.15, -0.1) is 0 Å². The minimum atomic E-state index is 0.234. The molecule has 0 aliphatic carbocycles. The molecule has 0 unspecified atom stereocenters. The first kappa shape index (κ1) is 11.5. The van der Waals surface area contributed by atoms with Crippen molar-refractivity contribution in [2.75, 3.05) is 0 Å². The van der Waals surface area contributed by atoms with E-state index in [1.54, 1.807) is 0 Å². The lowest BCUT2D eigenvalue weighted by atomic mass is 10.0. The van der Waals surface area contributed by atoms with E-state index in [-0.39, 0.29) is 5.78 Å². The van der Waals surface area contributed by atoms with Gasteiger partial charge in [-0.05, 0) is 30.2 Å². The molecule has 3 nitrogen and oxygen atoms in total. The van der Waals surface area contributed by atoms with E-state index in [1.165, 1.54) is 16.6 Å². The van der Waals surface area contributed by atoms with Crippen LogP contribution in [0.15, 0.2) is 18.3 Å². The molecular weight excluding hydrogens is 224 g/mol. The smallest absolute Gasteiger partial charge is 0.164 e. The van der Waals surface area contributed by atoms with E-state index in [0.29, 0.717) is 6.42 Å². The third-order valence-electron chi connectivity index (χ3n) is 3.80. The Morgan fingerprint density at radius 3 is 2.67 bits per heavy atom. The van der Waals surface area contributed by atoms with Crippen molar-refractivity contribution in [2.24, 2.45) is 0 Å². The summed E-state index contributed by atoms with van der Waals surface area (Å²) in [6.07, 6.45) is 2.58. The van der Waals surface area contributed by atoms with Gasteiger partial charge in [0.25, 0.3) is 0 Å². The average Bonchev–Trinajstić information content (AvgIpc) is 2.98. The van der Waals surface area contributed by atoms with E-state index < -0.39 is 0 Å². The van der Waals surface area contributed by atoms with Gasteiger partial charge in [0.05, 0.1) is 0 Å². The van der Waals surface area contributed by atoms with Gasteiger partial charge >= 0.3 is 0 Å². The quantitative estimate of drug-likeness (QED) is 0.840. The number of nitrogens with one attached hydrogen (secondary N) is 1. The van der Waals surface area contributed by atoms with Crippen molar-refractivity contribution in [3.05, 3.63) is 35.0 Å². The number of rotatable bonds is 3. The van der Waals surface area contributed by atoms with Crippen molar-refractivity contribution in [1.82, 2.24) is 9.88 Å². The lowest BCUT2D eigenvalue weighted by Gasteiger charge is -2.03. The minimum Gasteiger partial charge on any atom is -0.347 e. The normalized spacial score (nSPS) is 14.1. The van der Waals surface area contributed by atoms with Crippen LogP contribution in [0.5, 0.6) is 0 Å². The Balaban J connectivity index is 2.28. The highest BCUT2D eigenvalue weighted by molar-refractivity contribution is 6.08. The Hall–Kier alpha value is -1.61. The number of aryl methyl sites for hydroxylation is 1. The van der Waals surface area contributed by atoms with Gasteiger partial charge in [-0.1, -0.05) is 6.92 Å². The number of aromatic nitrogens is 1. The molecule has 0 amide bonds. The molecule has 1 aliphatic heterocycles. The van der Waals surface area contributed by atoms with E-state index in [1.807, 2.05) is 13.1 Å². The van der Waals surface area contributed by atoms with Crippen LogP contribution >= 0.6 is 0 Å². The maximum atomic E-state index is 12.0. The lowest BCUT2D eigenvalue weighted by molar-refractivity contribution is 0.0989. The number of hydrogen-bond acceptors (Lipinski definition) is 2. The molecule has 1 aliphatic rings. The molecule has 0 saturated heterocycles. The van der Waals surface area contributed by atoms with E-state index in [2.05, 4.69) is 28.9 Å². The highest BCUT2D eigenvalue weighted by atomic mass is 16.1. The monoisotopic (exact) mass is 242 g/mol. The predicted molar refractivity (Wildman–Crippen MR) is 72.8 cm³/mol. The van der Waals surface area contributed by atoms with Gasteiger partial charge in [0.1, 0.15) is 0 Å². The van der Waals surface area contributed by atoms with Crippen LogP contribution in [0.3, 0.4) is 0 Å². The molecular formula is C15H18N2O. The van der Waals surface area contributed by atoms with Crippen LogP contribution in [0.25, 0.3) is 10.9 Å². The van der Waals surface area contributed by atoms with Crippen molar-refractivity contribution in [1.29, 1.82) is 0 Å². The highest BCUT2D eigenvalue weighted by Gasteiger charge is 2.17. The summed E-state index contributed by atoms with van der Waals surface area (Å²) < 4.78 is 2.18. The van der Waals surface area contributed by atoms with Crippen LogP contribution in [0.4, 0.5) is 0 Å². The molecule has 0 saturated carbocycles. The zero-order valence-corrected chi connectivity index (χ0v) is 10.9. The first-order valence-corrected chi connectivity index (χ1v) is 6.63. The van der Waals surface area contributed by atoms with Crippen LogP contribution in [0.2, 0.25) is 0 Å². The number of fused-ring (bicyclic) bond motifs is 2. The highest BCUT2D eigenvalue weighted by Crippen LogP contribution is 2.28. The summed E-state index contributed by atoms with van der Waals surface area (Å²) in [5, 5.41) is 4.48. The summed E-state index contributed by atoms with van der Waals surface area (Å²) in [6, 6.07) is 4.43. The molecule has 1 aromatic carbocycles. The number of benzene rings is 1. The van der Waals surface area contributed by atoms with E-state index in [9.17, 15) is 4.79 Å². The second-order valence-corrected chi connectivity index (χ2v) is 4.85. The van der Waals surface area contributed by atoms with E-state index >= 15 is 0 Å². The Morgan fingerprint density at radius 2 is 2.00 bits per heavy atom. The fourth-order valence-corrected chi connectivity index (χ4v) is 2.76. The number of nitrogens with zero attached hydrogens (tertiary/aromatic N) is 1. The summed E-state index contributed by atoms with van der Waals surface area (Å²) in [6.45, 7) is 6.80. The second-order valence-electron chi connectivity index (χ2n) is 4.85. The molecule has 2 heterocycles. The Bertz CT molecular complexity index is 625. The SMILES string of the molecule is CCC(=O)c1cn(CC)c2cc3c(cc12)CNC3. The van der Waals surface area contributed by atoms with Crippen LogP contribution < -0.4 is 5.32 Å². The molecule has 3 heteroatoms. The van der Waals surface area contributed by atoms with E-state index in [4.69, 9.17) is 0 Å². The molecule has 1 aromatic heterocycles. The molecule has 2 aromatic rings. The largest absolute Gasteiger partial charge is 0.347 e. The first-order valence-electron chi connectivity index (χ1n) is 6.63. The zero-order chi connectivity index (χ0) is 12.7. The summed E-state index contributed by atoms with van der Waals surface area (Å²) in [4.78, 5) is 12.0. The van der Waals surface area contributed by atoms with Gasteiger partial charge in [0, 0.05) is 48.7 Å². The minimum absolute atomic E-state index is 0.234. The molecule has 0 atom stereocenters. The predicted octanol–water partition coefficient (Wildman–Crippen LogP) is 2.86. The molecule has 0 bridgehead atoms. The van der Waals surface area contributed by atoms with Crippen molar-refractivity contribution < 1.29 is 4.79 Å². The third-order valence-corrected chi connectivity index (χ3v) is 3.80. The summed E-state index contributed by atoms with van der Waals surface area (Å²) in [7, 11) is 0. The van der Waals surface area contributed by atoms with Gasteiger partial charge in [0.15, 0.2) is 5.78 Å². The zero-order valence-electron chi connectivity index (χ0n) is 10.9. The molecule has 0 spiro atoms. The van der Waals surface area contributed by atoms with Gasteiger partial charge in [-0.25, -0.2) is 0 Å². The van der Waals surface area contributed by atoms with Crippen molar-refractivity contribution in [2.45, 2.75) is 39.9 Å². The Kier molecular flexibility index (Phi) is 2.71. The van der Waals surface area contributed by atoms with Crippen molar-refractivity contribution in [3.8, 4) is 0 Å². The van der Waals surface area contributed by atoms with Crippen LogP contribution in [-0.4, -0.2) is 10.4 Å². The van der Waals surface area contributed by atoms with Gasteiger partial charge in [-0.2, -0.15) is 0 Å².